The Morgan fingerprint density at radius 2 is 2.14 bits per heavy atom. The number of rotatable bonds is 4. The lowest BCUT2D eigenvalue weighted by atomic mass is 10.2. The minimum atomic E-state index is -0.260. The smallest absolute Gasteiger partial charge is 0.273 e. The summed E-state index contributed by atoms with van der Waals surface area (Å²) < 4.78 is 7.27. The molecule has 2 aromatic rings. The highest BCUT2D eigenvalue weighted by Gasteiger charge is 2.29. The van der Waals surface area contributed by atoms with E-state index >= 15 is 0 Å². The Hall–Kier alpha value is -2.63. The van der Waals surface area contributed by atoms with Crippen LogP contribution < -0.4 is 10.1 Å². The Morgan fingerprint density at radius 3 is 2.86 bits per heavy atom. The lowest BCUT2D eigenvalue weighted by Crippen LogP contribution is -2.35. The van der Waals surface area contributed by atoms with E-state index in [0.717, 1.165) is 5.56 Å². The summed E-state index contributed by atoms with van der Waals surface area (Å²) in [6.45, 7) is 2.74. The molecule has 0 saturated carbocycles. The Bertz CT molecular complexity index is 692. The van der Waals surface area contributed by atoms with Crippen LogP contribution in [-0.4, -0.2) is 28.0 Å². The van der Waals surface area contributed by atoms with E-state index in [1.807, 2.05) is 30.3 Å². The largest absolute Gasteiger partial charge is 0.484 e. The second-order valence-electron chi connectivity index (χ2n) is 4.84. The molecule has 6 heteroatoms. The zero-order chi connectivity index (χ0) is 14.8. The van der Waals surface area contributed by atoms with Crippen molar-refractivity contribution >= 4 is 11.7 Å². The third-order valence-electron chi connectivity index (χ3n) is 3.29. The van der Waals surface area contributed by atoms with E-state index < -0.39 is 0 Å². The SMILES string of the molecule is CC(=O)c1nn2c(c1OCc1ccccc1)C(=O)NCC2. The van der Waals surface area contributed by atoms with E-state index in [1.165, 1.54) is 11.6 Å². The van der Waals surface area contributed by atoms with Gasteiger partial charge in [0.15, 0.2) is 22.9 Å². The lowest BCUT2D eigenvalue weighted by Gasteiger charge is -2.15. The van der Waals surface area contributed by atoms with Gasteiger partial charge in [0.05, 0.1) is 6.54 Å². The summed E-state index contributed by atoms with van der Waals surface area (Å²) >= 11 is 0. The molecule has 0 atom stereocenters. The number of nitrogens with zero attached hydrogens (tertiary/aromatic N) is 2. The topological polar surface area (TPSA) is 73.2 Å². The van der Waals surface area contributed by atoms with Crippen LogP contribution in [0.1, 0.15) is 33.5 Å². The Labute approximate surface area is 121 Å². The molecule has 0 bridgehead atoms. The van der Waals surface area contributed by atoms with E-state index in [0.29, 0.717) is 18.8 Å². The van der Waals surface area contributed by atoms with Crippen molar-refractivity contribution in [3.05, 3.63) is 47.3 Å². The molecule has 1 N–H and O–H groups in total. The fraction of sp³-hybridized carbons (Fsp3) is 0.267. The van der Waals surface area contributed by atoms with Crippen molar-refractivity contribution in [3.8, 4) is 5.75 Å². The van der Waals surface area contributed by atoms with E-state index in [9.17, 15) is 9.59 Å². The maximum atomic E-state index is 12.0. The van der Waals surface area contributed by atoms with Gasteiger partial charge in [0.1, 0.15) is 6.61 Å². The first-order chi connectivity index (χ1) is 10.2. The highest BCUT2D eigenvalue weighted by molar-refractivity contribution is 6.02. The zero-order valence-corrected chi connectivity index (χ0v) is 11.6. The number of Topliss-reactive ketones (excluding diaryl/α,β-unsaturated/α-hetero) is 1. The van der Waals surface area contributed by atoms with Crippen molar-refractivity contribution in [3.63, 3.8) is 0 Å². The molecule has 3 rings (SSSR count). The van der Waals surface area contributed by atoms with Crippen molar-refractivity contribution in [2.75, 3.05) is 6.54 Å². The van der Waals surface area contributed by atoms with Gasteiger partial charge < -0.3 is 10.1 Å². The highest BCUT2D eigenvalue weighted by atomic mass is 16.5. The quantitative estimate of drug-likeness (QED) is 0.862. The monoisotopic (exact) mass is 285 g/mol. The number of benzene rings is 1. The van der Waals surface area contributed by atoms with Gasteiger partial charge in [-0.05, 0) is 5.56 Å². The molecule has 6 nitrogen and oxygen atoms in total. The molecule has 2 heterocycles. The van der Waals surface area contributed by atoms with E-state index in [-0.39, 0.29) is 29.7 Å². The molecule has 21 heavy (non-hydrogen) atoms. The summed E-state index contributed by atoms with van der Waals surface area (Å²) in [6, 6.07) is 9.57. The van der Waals surface area contributed by atoms with Gasteiger partial charge >= 0.3 is 0 Å². The molecule has 0 aliphatic carbocycles. The lowest BCUT2D eigenvalue weighted by molar-refractivity contribution is 0.0918. The summed E-state index contributed by atoms with van der Waals surface area (Å²) in [7, 11) is 0. The molecular weight excluding hydrogens is 270 g/mol. The van der Waals surface area contributed by atoms with Crippen LogP contribution in [0.5, 0.6) is 5.75 Å². The zero-order valence-electron chi connectivity index (χ0n) is 11.6. The summed E-state index contributed by atoms with van der Waals surface area (Å²) in [5, 5.41) is 6.93. The van der Waals surface area contributed by atoms with Crippen LogP contribution in [0, 0.1) is 0 Å². The van der Waals surface area contributed by atoms with Crippen molar-refractivity contribution < 1.29 is 14.3 Å². The average molecular weight is 285 g/mol. The molecule has 1 aliphatic heterocycles. The maximum Gasteiger partial charge on any atom is 0.273 e. The highest BCUT2D eigenvalue weighted by Crippen LogP contribution is 2.26. The van der Waals surface area contributed by atoms with Gasteiger partial charge in [-0.25, -0.2) is 0 Å². The molecule has 0 spiro atoms. The van der Waals surface area contributed by atoms with Gasteiger partial charge in [0.25, 0.3) is 5.91 Å². The fourth-order valence-electron chi connectivity index (χ4n) is 2.28. The Balaban J connectivity index is 1.94. The van der Waals surface area contributed by atoms with E-state index in [4.69, 9.17) is 4.74 Å². The summed E-state index contributed by atoms with van der Waals surface area (Å²) in [5.74, 6) is -0.208. The number of fused-ring (bicyclic) bond motifs is 1. The molecule has 0 radical (unpaired) electrons. The standard InChI is InChI=1S/C15H15N3O3/c1-10(19)12-14(21-9-11-5-3-2-4-6-11)13-15(20)16-7-8-18(13)17-12/h2-6H,7-9H2,1H3,(H,16,20). The van der Waals surface area contributed by atoms with E-state index in [1.54, 1.807) is 0 Å². The first-order valence-electron chi connectivity index (χ1n) is 6.73. The van der Waals surface area contributed by atoms with Gasteiger partial charge in [-0.1, -0.05) is 30.3 Å². The molecular formula is C15H15N3O3. The minimum absolute atomic E-state index is 0.206. The predicted octanol–water partition coefficient (Wildman–Crippen LogP) is 1.41. The fourth-order valence-corrected chi connectivity index (χ4v) is 2.28. The van der Waals surface area contributed by atoms with Crippen molar-refractivity contribution in [2.45, 2.75) is 20.1 Å². The van der Waals surface area contributed by atoms with Crippen molar-refractivity contribution in [2.24, 2.45) is 0 Å². The van der Waals surface area contributed by atoms with Crippen LogP contribution in [0.3, 0.4) is 0 Å². The number of ether oxygens (including phenoxy) is 1. The number of nitrogens with one attached hydrogen (secondary N) is 1. The number of amides is 1. The number of hydrogen-bond donors (Lipinski definition) is 1. The number of carbonyl (C=O) groups is 2. The number of aromatic nitrogens is 2. The van der Waals surface area contributed by atoms with Crippen LogP contribution in [0.15, 0.2) is 30.3 Å². The second-order valence-corrected chi connectivity index (χ2v) is 4.84. The summed E-state index contributed by atoms with van der Waals surface area (Å²) in [5.41, 5.74) is 1.49. The van der Waals surface area contributed by atoms with Gasteiger partial charge in [-0.2, -0.15) is 5.10 Å². The maximum absolute atomic E-state index is 12.0. The third kappa shape index (κ3) is 2.52. The molecule has 1 amide bonds. The van der Waals surface area contributed by atoms with Crippen molar-refractivity contribution in [1.29, 1.82) is 0 Å². The van der Waals surface area contributed by atoms with Crippen LogP contribution in [-0.2, 0) is 13.2 Å². The number of carbonyl (C=O) groups excluding carboxylic acids is 2. The molecule has 1 aromatic heterocycles. The number of ketones is 1. The van der Waals surface area contributed by atoms with Crippen molar-refractivity contribution in [1.82, 2.24) is 15.1 Å². The molecule has 108 valence electrons. The Kier molecular flexibility index (Phi) is 3.43. The van der Waals surface area contributed by atoms with Gasteiger partial charge in [-0.3, -0.25) is 14.3 Å². The van der Waals surface area contributed by atoms with Gasteiger partial charge in [-0.15, -0.1) is 0 Å². The van der Waals surface area contributed by atoms with Gasteiger partial charge in [0.2, 0.25) is 0 Å². The Morgan fingerprint density at radius 1 is 1.38 bits per heavy atom. The normalized spacial score (nSPS) is 13.5. The molecule has 1 aromatic carbocycles. The third-order valence-corrected chi connectivity index (χ3v) is 3.29. The number of hydrogen-bond acceptors (Lipinski definition) is 4. The summed E-state index contributed by atoms with van der Waals surface area (Å²) in [6.07, 6.45) is 0. The van der Waals surface area contributed by atoms with Crippen LogP contribution in [0.25, 0.3) is 0 Å². The van der Waals surface area contributed by atoms with Crippen LogP contribution in [0.4, 0.5) is 0 Å². The van der Waals surface area contributed by atoms with E-state index in [2.05, 4.69) is 10.4 Å². The van der Waals surface area contributed by atoms with Gasteiger partial charge in [0, 0.05) is 13.5 Å². The first-order valence-corrected chi connectivity index (χ1v) is 6.73. The molecule has 1 aliphatic rings. The minimum Gasteiger partial charge on any atom is -0.484 e. The van der Waals surface area contributed by atoms with Crippen LogP contribution in [0.2, 0.25) is 0 Å². The second kappa shape index (κ2) is 5.40. The first kappa shape index (κ1) is 13.4. The van der Waals surface area contributed by atoms with Crippen LogP contribution >= 0.6 is 0 Å². The molecule has 0 saturated heterocycles. The predicted molar refractivity (Wildman–Crippen MR) is 75.3 cm³/mol. The molecule has 0 unspecified atom stereocenters. The average Bonchev–Trinajstić information content (AvgIpc) is 2.86. The molecule has 0 fully saturated rings. The summed E-state index contributed by atoms with van der Waals surface area (Å²) in [4.78, 5) is 23.7.